The first kappa shape index (κ1) is 15.5. The highest BCUT2D eigenvalue weighted by atomic mass is 35.5. The summed E-state index contributed by atoms with van der Waals surface area (Å²) in [5, 5.41) is 7.13. The van der Waals surface area contributed by atoms with Crippen LogP contribution >= 0.6 is 11.6 Å². The van der Waals surface area contributed by atoms with E-state index in [1.54, 1.807) is 0 Å². The Morgan fingerprint density at radius 3 is 2.48 bits per heavy atom. The molecule has 7 heteroatoms. The summed E-state index contributed by atoms with van der Waals surface area (Å²) in [5.41, 5.74) is 2.57. The van der Waals surface area contributed by atoms with Gasteiger partial charge in [0.05, 0.1) is 0 Å². The molecule has 126 valence electrons. The number of nitrogens with zero attached hydrogens (tertiary/aromatic N) is 2. The van der Waals surface area contributed by atoms with Crippen molar-refractivity contribution in [1.82, 2.24) is 9.97 Å². The van der Waals surface area contributed by atoms with Crippen LogP contribution in [0.4, 0.5) is 23.1 Å². The number of nitrogens with one attached hydrogen (secondary N) is 2. The first-order valence-electron chi connectivity index (χ1n) is 7.71. The lowest BCUT2D eigenvalue weighted by molar-refractivity contribution is 0.174. The largest absolute Gasteiger partial charge is 0.454 e. The molecule has 3 aromatic rings. The van der Waals surface area contributed by atoms with Crippen LogP contribution in [0.15, 0.2) is 48.5 Å². The summed E-state index contributed by atoms with van der Waals surface area (Å²) in [4.78, 5) is 8.92. The number of aryl methyl sites for hydroxylation is 1. The second-order valence-corrected chi connectivity index (χ2v) is 5.98. The van der Waals surface area contributed by atoms with Gasteiger partial charge in [0.2, 0.25) is 12.7 Å². The van der Waals surface area contributed by atoms with Gasteiger partial charge in [-0.15, -0.1) is 0 Å². The minimum atomic E-state index is 0.245. The van der Waals surface area contributed by atoms with E-state index >= 15 is 0 Å². The van der Waals surface area contributed by atoms with Crippen molar-refractivity contribution in [3.05, 3.63) is 59.2 Å². The molecular weight excluding hydrogens is 340 g/mol. The molecule has 1 aromatic heterocycles. The molecule has 0 aliphatic carbocycles. The molecule has 0 spiro atoms. The molecule has 0 atom stereocenters. The molecule has 0 saturated heterocycles. The average molecular weight is 355 g/mol. The minimum Gasteiger partial charge on any atom is -0.454 e. The molecule has 25 heavy (non-hydrogen) atoms. The molecule has 6 nitrogen and oxygen atoms in total. The average Bonchev–Trinajstić information content (AvgIpc) is 3.04. The summed E-state index contributed by atoms with van der Waals surface area (Å²) in [6.45, 7) is 2.16. The van der Waals surface area contributed by atoms with Gasteiger partial charge < -0.3 is 20.1 Å². The van der Waals surface area contributed by atoms with Gasteiger partial charge in [0.1, 0.15) is 5.82 Å². The topological polar surface area (TPSA) is 68.3 Å². The van der Waals surface area contributed by atoms with E-state index in [0.29, 0.717) is 22.5 Å². The Kier molecular flexibility index (Phi) is 4.03. The van der Waals surface area contributed by atoms with E-state index in [-0.39, 0.29) is 6.79 Å². The lowest BCUT2D eigenvalue weighted by atomic mass is 10.3. The van der Waals surface area contributed by atoms with Crippen LogP contribution in [0, 0.1) is 6.92 Å². The third kappa shape index (κ3) is 3.59. The third-order valence-corrected chi connectivity index (χ3v) is 3.85. The molecule has 0 saturated carbocycles. The Hall–Kier alpha value is -2.99. The maximum Gasteiger partial charge on any atom is 0.231 e. The normalized spacial score (nSPS) is 12.1. The smallest absolute Gasteiger partial charge is 0.231 e. The Morgan fingerprint density at radius 2 is 1.64 bits per heavy atom. The van der Waals surface area contributed by atoms with Crippen LogP contribution in [0.1, 0.15) is 5.69 Å². The number of aromatic nitrogens is 2. The monoisotopic (exact) mass is 354 g/mol. The van der Waals surface area contributed by atoms with E-state index in [9.17, 15) is 0 Å². The molecule has 1 aliphatic heterocycles. The number of hydrogen-bond acceptors (Lipinski definition) is 6. The van der Waals surface area contributed by atoms with Crippen LogP contribution in [0.5, 0.6) is 11.5 Å². The van der Waals surface area contributed by atoms with Crippen LogP contribution in [0.2, 0.25) is 5.02 Å². The number of fused-ring (bicyclic) bond motifs is 1. The van der Waals surface area contributed by atoms with Gasteiger partial charge in [0, 0.05) is 34.2 Å². The van der Waals surface area contributed by atoms with Gasteiger partial charge >= 0.3 is 0 Å². The Morgan fingerprint density at radius 1 is 0.880 bits per heavy atom. The van der Waals surface area contributed by atoms with E-state index in [0.717, 1.165) is 22.8 Å². The van der Waals surface area contributed by atoms with Crippen molar-refractivity contribution in [2.45, 2.75) is 6.92 Å². The van der Waals surface area contributed by atoms with Gasteiger partial charge in [0.15, 0.2) is 11.5 Å². The zero-order valence-electron chi connectivity index (χ0n) is 13.4. The number of ether oxygens (including phenoxy) is 2. The fourth-order valence-corrected chi connectivity index (χ4v) is 2.60. The van der Waals surface area contributed by atoms with E-state index in [2.05, 4.69) is 20.6 Å². The summed E-state index contributed by atoms with van der Waals surface area (Å²) in [5.74, 6) is 2.63. The molecule has 2 heterocycles. The lowest BCUT2D eigenvalue weighted by Gasteiger charge is -2.10. The van der Waals surface area contributed by atoms with Crippen LogP contribution in [0.3, 0.4) is 0 Å². The van der Waals surface area contributed by atoms with Crippen LogP contribution < -0.4 is 20.1 Å². The van der Waals surface area contributed by atoms with E-state index in [1.807, 2.05) is 55.5 Å². The SMILES string of the molecule is Cc1cc(Nc2ccc(Cl)cc2)nc(Nc2ccc3c(c2)OCO3)n1. The Bertz CT molecular complexity index is 915. The third-order valence-electron chi connectivity index (χ3n) is 3.60. The summed E-state index contributed by atoms with van der Waals surface area (Å²) < 4.78 is 10.7. The number of halogens is 1. The highest BCUT2D eigenvalue weighted by molar-refractivity contribution is 6.30. The van der Waals surface area contributed by atoms with Crippen molar-refractivity contribution < 1.29 is 9.47 Å². The molecule has 0 unspecified atom stereocenters. The zero-order chi connectivity index (χ0) is 17.2. The molecule has 0 fully saturated rings. The van der Waals surface area contributed by atoms with Gasteiger partial charge in [-0.25, -0.2) is 4.98 Å². The molecule has 1 aliphatic rings. The van der Waals surface area contributed by atoms with Gasteiger partial charge in [-0.1, -0.05) is 11.6 Å². The molecule has 2 aromatic carbocycles. The number of benzene rings is 2. The molecule has 0 bridgehead atoms. The lowest BCUT2D eigenvalue weighted by Crippen LogP contribution is -2.02. The van der Waals surface area contributed by atoms with E-state index in [1.165, 1.54) is 0 Å². The van der Waals surface area contributed by atoms with Crippen LogP contribution in [0.25, 0.3) is 0 Å². The van der Waals surface area contributed by atoms with E-state index in [4.69, 9.17) is 21.1 Å². The molecule has 0 amide bonds. The predicted octanol–water partition coefficient (Wildman–Crippen LogP) is 4.65. The zero-order valence-corrected chi connectivity index (χ0v) is 14.2. The first-order valence-corrected chi connectivity index (χ1v) is 8.08. The summed E-state index contributed by atoms with van der Waals surface area (Å²) in [6.07, 6.45) is 0. The Labute approximate surface area is 149 Å². The van der Waals surface area contributed by atoms with Crippen molar-refractivity contribution >= 4 is 34.7 Å². The van der Waals surface area contributed by atoms with Crippen molar-refractivity contribution in [3.63, 3.8) is 0 Å². The fourth-order valence-electron chi connectivity index (χ4n) is 2.47. The summed E-state index contributed by atoms with van der Waals surface area (Å²) in [7, 11) is 0. The summed E-state index contributed by atoms with van der Waals surface area (Å²) in [6, 6.07) is 14.9. The predicted molar refractivity (Wildman–Crippen MR) is 97.4 cm³/mol. The highest BCUT2D eigenvalue weighted by Crippen LogP contribution is 2.34. The second kappa shape index (κ2) is 6.49. The number of hydrogen-bond donors (Lipinski definition) is 2. The second-order valence-electron chi connectivity index (χ2n) is 5.54. The highest BCUT2D eigenvalue weighted by Gasteiger charge is 2.13. The number of rotatable bonds is 4. The summed E-state index contributed by atoms with van der Waals surface area (Å²) >= 11 is 5.91. The van der Waals surface area contributed by atoms with Gasteiger partial charge in [0.25, 0.3) is 0 Å². The minimum absolute atomic E-state index is 0.245. The van der Waals surface area contributed by atoms with Gasteiger partial charge in [-0.3, -0.25) is 0 Å². The first-order chi connectivity index (χ1) is 12.2. The standard InChI is InChI=1S/C18H15ClN4O2/c1-11-8-17(21-13-4-2-12(19)3-5-13)23-18(20-11)22-14-6-7-15-16(9-14)25-10-24-15/h2-9H,10H2,1H3,(H2,20,21,22,23). The van der Waals surface area contributed by atoms with Crippen molar-refractivity contribution in [2.24, 2.45) is 0 Å². The molecule has 4 rings (SSSR count). The van der Waals surface area contributed by atoms with Crippen molar-refractivity contribution in [2.75, 3.05) is 17.4 Å². The molecule has 2 N–H and O–H groups in total. The fraction of sp³-hybridized carbons (Fsp3) is 0.111. The molecule has 0 radical (unpaired) electrons. The number of anilines is 4. The van der Waals surface area contributed by atoms with Crippen molar-refractivity contribution in [3.8, 4) is 11.5 Å². The quantitative estimate of drug-likeness (QED) is 0.710. The molecular formula is C18H15ClN4O2. The maximum atomic E-state index is 5.91. The van der Waals surface area contributed by atoms with Crippen LogP contribution in [-0.2, 0) is 0 Å². The van der Waals surface area contributed by atoms with Gasteiger partial charge in [-0.2, -0.15) is 4.98 Å². The van der Waals surface area contributed by atoms with Crippen LogP contribution in [-0.4, -0.2) is 16.8 Å². The van der Waals surface area contributed by atoms with E-state index < -0.39 is 0 Å². The van der Waals surface area contributed by atoms with Gasteiger partial charge in [-0.05, 0) is 43.3 Å². The maximum absolute atomic E-state index is 5.91. The Balaban J connectivity index is 1.56. The van der Waals surface area contributed by atoms with Crippen molar-refractivity contribution in [1.29, 1.82) is 0 Å².